The number of hydrogen-bond acceptors (Lipinski definition) is 0. The van der Waals surface area contributed by atoms with Crippen LogP contribution in [0.5, 0.6) is 0 Å². The van der Waals surface area contributed by atoms with E-state index in [2.05, 4.69) is 78.3 Å². The van der Waals surface area contributed by atoms with E-state index in [1.807, 2.05) is 0 Å². The van der Waals surface area contributed by atoms with Crippen LogP contribution in [0, 0.1) is 12.2 Å². The van der Waals surface area contributed by atoms with Crippen LogP contribution < -0.4 is 0 Å². The van der Waals surface area contributed by atoms with Crippen molar-refractivity contribution in [2.24, 2.45) is 0 Å². The molecule has 17 heavy (non-hydrogen) atoms. The molecule has 0 aromatic rings. The summed E-state index contributed by atoms with van der Waals surface area (Å²) >= 11 is 6.50. The van der Waals surface area contributed by atoms with Gasteiger partial charge < -0.3 is 0 Å². The number of halogens is 2. The van der Waals surface area contributed by atoms with Gasteiger partial charge in [0.05, 0.1) is 0 Å². The molecule has 0 aromatic carbocycles. The minimum atomic E-state index is 0.125. The molecule has 0 atom stereocenters. The fourth-order valence-corrected chi connectivity index (χ4v) is 1.27. The van der Waals surface area contributed by atoms with Gasteiger partial charge in [-0.05, 0) is 0 Å². The first kappa shape index (κ1) is 17.6. The number of rotatable bonds is 0. The first-order chi connectivity index (χ1) is 8.02. The molecule has 94 valence electrons. The van der Waals surface area contributed by atoms with Crippen LogP contribution in [0.4, 0.5) is 0 Å². The molecule has 0 fully saturated rings. The molecule has 0 spiro atoms. The van der Waals surface area contributed by atoms with Crippen molar-refractivity contribution in [3.63, 3.8) is 0 Å². The molecule has 0 radical (unpaired) electrons. The summed E-state index contributed by atoms with van der Waals surface area (Å²) in [5.41, 5.74) is 5.56. The molecule has 0 bridgehead atoms. The Morgan fingerprint density at radius 2 is 1.18 bits per heavy atom. The molecular formula is C14H18Br2Ti-2. The molecule has 3 heteroatoms. The predicted octanol–water partition coefficient (Wildman–Crippen LogP) is 5.86. The Balaban J connectivity index is 0.000000247. The van der Waals surface area contributed by atoms with Gasteiger partial charge in [-0.2, -0.15) is 12.2 Å². The topological polar surface area (TPSA) is 0 Å². The minimum absolute atomic E-state index is 0.125. The van der Waals surface area contributed by atoms with E-state index in [-0.39, 0.29) is 15.0 Å². The van der Waals surface area contributed by atoms with E-state index in [0.29, 0.717) is 0 Å². The molecule has 2 aliphatic rings. The molecule has 0 N–H and O–H groups in total. The van der Waals surface area contributed by atoms with E-state index in [9.17, 15) is 0 Å². The Labute approximate surface area is 127 Å². The van der Waals surface area contributed by atoms with Gasteiger partial charge in [0.25, 0.3) is 0 Å². The fourth-order valence-electron chi connectivity index (χ4n) is 1.27. The van der Waals surface area contributed by atoms with Crippen molar-refractivity contribution in [1.29, 1.82) is 0 Å². The second-order valence-electron chi connectivity index (χ2n) is 3.99. The third-order valence-corrected chi connectivity index (χ3v) is 2.73. The predicted molar refractivity (Wildman–Crippen MR) is 79.5 cm³/mol. The molecule has 0 saturated heterocycles. The van der Waals surface area contributed by atoms with Crippen molar-refractivity contribution in [1.82, 2.24) is 0 Å². The van der Waals surface area contributed by atoms with E-state index in [1.165, 1.54) is 22.3 Å². The van der Waals surface area contributed by atoms with Gasteiger partial charge in [-0.25, -0.2) is 22.3 Å². The fraction of sp³-hybridized carbons (Fsp3) is 0.429. The number of allylic oxidation sites excluding steroid dienone is 8. The zero-order valence-electron chi connectivity index (χ0n) is 10.8. The summed E-state index contributed by atoms with van der Waals surface area (Å²) in [7, 11) is 0. The standard InChI is InChI=1S/2C7H9.2BrH.Ti/c2*1-6-4-3-5-7(6)2;;;/h2*3H,4H2,1-2H3;2*1H;/q2*-1;;;+2/p-2. The third kappa shape index (κ3) is 8.37. The van der Waals surface area contributed by atoms with Crippen LogP contribution >= 0.6 is 26.3 Å². The van der Waals surface area contributed by atoms with Crippen LogP contribution in [-0.2, 0) is 15.0 Å². The SMILES string of the molecule is CC1=C(C)CC=[C-]1.CC1=C(C)CC=[C-]1.[Br][Ti][Br]. The Morgan fingerprint density at radius 1 is 0.882 bits per heavy atom. The second-order valence-corrected chi connectivity index (χ2v) is 11.9. The molecule has 0 heterocycles. The quantitative estimate of drug-likeness (QED) is 0.357. The molecule has 0 amide bonds. The van der Waals surface area contributed by atoms with Gasteiger partial charge in [0.1, 0.15) is 0 Å². The molecule has 0 aliphatic heterocycles. The first-order valence-electron chi connectivity index (χ1n) is 5.48. The van der Waals surface area contributed by atoms with Gasteiger partial charge in [0.2, 0.25) is 0 Å². The van der Waals surface area contributed by atoms with Crippen LogP contribution in [0.2, 0.25) is 0 Å². The van der Waals surface area contributed by atoms with Crippen LogP contribution in [0.1, 0.15) is 40.5 Å². The third-order valence-electron chi connectivity index (χ3n) is 2.73. The second kappa shape index (κ2) is 10.5. The maximum atomic E-state index is 3.19. The van der Waals surface area contributed by atoms with E-state index < -0.39 is 0 Å². The average molecular weight is 394 g/mol. The van der Waals surface area contributed by atoms with Crippen molar-refractivity contribution in [2.45, 2.75) is 40.5 Å². The van der Waals surface area contributed by atoms with Gasteiger partial charge in [-0.1, -0.05) is 26.7 Å². The average Bonchev–Trinajstić information content (AvgIpc) is 2.81. The maximum absolute atomic E-state index is 3.19. The normalized spacial score (nSPS) is 16.6. The summed E-state index contributed by atoms with van der Waals surface area (Å²) in [6.07, 6.45) is 12.6. The molecule has 2 aliphatic carbocycles. The summed E-state index contributed by atoms with van der Waals surface area (Å²) in [6, 6.07) is 0. The van der Waals surface area contributed by atoms with Crippen LogP contribution in [0.25, 0.3) is 0 Å². The Hall–Kier alpha value is 0.634. The Bertz CT molecular complexity index is 315. The first-order valence-corrected chi connectivity index (χ1v) is 13.2. The summed E-state index contributed by atoms with van der Waals surface area (Å²) in [5, 5.41) is 0. The van der Waals surface area contributed by atoms with Gasteiger partial charge in [-0.3, -0.25) is 12.2 Å². The summed E-state index contributed by atoms with van der Waals surface area (Å²) in [5.74, 6) is 0. The molecule has 0 aromatic heterocycles. The van der Waals surface area contributed by atoms with Crippen molar-refractivity contribution in [3.05, 3.63) is 46.6 Å². The van der Waals surface area contributed by atoms with E-state index in [1.54, 1.807) is 0 Å². The van der Waals surface area contributed by atoms with Crippen molar-refractivity contribution < 1.29 is 15.0 Å². The van der Waals surface area contributed by atoms with E-state index >= 15 is 0 Å². The number of hydrogen-bond donors (Lipinski definition) is 0. The zero-order chi connectivity index (χ0) is 13.3. The van der Waals surface area contributed by atoms with Gasteiger partial charge >= 0.3 is 41.3 Å². The summed E-state index contributed by atoms with van der Waals surface area (Å²) < 4.78 is 0. The van der Waals surface area contributed by atoms with Crippen molar-refractivity contribution in [3.8, 4) is 0 Å². The zero-order valence-corrected chi connectivity index (χ0v) is 15.6. The summed E-state index contributed by atoms with van der Waals surface area (Å²) in [6.45, 7) is 8.48. The molecular weight excluding hydrogens is 376 g/mol. The molecule has 0 nitrogen and oxygen atoms in total. The van der Waals surface area contributed by atoms with Crippen LogP contribution in [-0.4, -0.2) is 0 Å². The van der Waals surface area contributed by atoms with E-state index in [4.69, 9.17) is 0 Å². The van der Waals surface area contributed by atoms with Gasteiger partial charge in [0, 0.05) is 0 Å². The summed E-state index contributed by atoms with van der Waals surface area (Å²) in [4.78, 5) is 0. The van der Waals surface area contributed by atoms with Crippen molar-refractivity contribution in [2.75, 3.05) is 0 Å². The van der Waals surface area contributed by atoms with Gasteiger partial charge in [-0.15, -0.1) is 13.8 Å². The molecule has 0 unspecified atom stereocenters. The molecule has 2 rings (SSSR count). The van der Waals surface area contributed by atoms with Crippen molar-refractivity contribution >= 4 is 26.3 Å². The van der Waals surface area contributed by atoms with E-state index in [0.717, 1.165) is 12.8 Å². The van der Waals surface area contributed by atoms with Crippen LogP contribution in [0.3, 0.4) is 0 Å². The van der Waals surface area contributed by atoms with Gasteiger partial charge in [0.15, 0.2) is 0 Å². The van der Waals surface area contributed by atoms with Crippen LogP contribution in [0.15, 0.2) is 34.4 Å². The monoisotopic (exact) mass is 392 g/mol. The Morgan fingerprint density at radius 3 is 1.24 bits per heavy atom. The Kier molecular flexibility index (Phi) is 10.9. The molecule has 0 saturated carbocycles.